The van der Waals surface area contributed by atoms with Crippen LogP contribution in [-0.4, -0.2) is 15.6 Å². The molecule has 2 N–H and O–H groups in total. The summed E-state index contributed by atoms with van der Waals surface area (Å²) < 4.78 is 2.60. The van der Waals surface area contributed by atoms with E-state index in [2.05, 4.69) is 21.0 Å². The normalized spacial score (nSPS) is 12.4. The topological polar surface area (TPSA) is 60.9 Å². The average Bonchev–Trinajstić information content (AvgIpc) is 2.65. The van der Waals surface area contributed by atoms with Crippen LogP contribution < -0.4 is 5.73 Å². The van der Waals surface area contributed by atoms with E-state index in [1.807, 2.05) is 44.3 Å². The molecule has 1 heterocycles. The van der Waals surface area contributed by atoms with E-state index in [1.165, 1.54) is 0 Å². The van der Waals surface area contributed by atoms with Crippen LogP contribution in [0.15, 0.2) is 34.8 Å². The van der Waals surface area contributed by atoms with Gasteiger partial charge in [-0.25, -0.2) is 0 Å². The molecular weight excluding hydrogens is 306 g/mol. The largest absolute Gasteiger partial charge is 0.318 e. The van der Waals surface area contributed by atoms with Crippen molar-refractivity contribution in [2.24, 2.45) is 12.8 Å². The summed E-state index contributed by atoms with van der Waals surface area (Å²) in [5.74, 6) is -0.0186. The third kappa shape index (κ3) is 2.93. The van der Waals surface area contributed by atoms with Gasteiger partial charge in [-0.2, -0.15) is 5.10 Å². The molecule has 0 aliphatic heterocycles. The molecule has 5 heteroatoms. The Morgan fingerprint density at radius 3 is 2.58 bits per heavy atom. The van der Waals surface area contributed by atoms with Crippen LogP contribution in [0.1, 0.15) is 23.0 Å². The quantitative estimate of drug-likeness (QED) is 0.939. The van der Waals surface area contributed by atoms with Gasteiger partial charge in [0.25, 0.3) is 0 Å². The maximum atomic E-state index is 12.2. The lowest BCUT2D eigenvalue weighted by Crippen LogP contribution is -2.24. The van der Waals surface area contributed by atoms with Gasteiger partial charge in [0.2, 0.25) is 0 Å². The smallest absolute Gasteiger partial charge is 0.160 e. The molecule has 4 nitrogen and oxygen atoms in total. The minimum Gasteiger partial charge on any atom is -0.318 e. The number of nitrogens with zero attached hydrogens (tertiary/aromatic N) is 2. The highest BCUT2D eigenvalue weighted by atomic mass is 79.9. The van der Waals surface area contributed by atoms with Crippen molar-refractivity contribution in [3.05, 3.63) is 51.8 Å². The minimum absolute atomic E-state index is 0.0186. The number of ketones is 1. The Balaban J connectivity index is 2.18. The van der Waals surface area contributed by atoms with Crippen LogP contribution in [0, 0.1) is 6.92 Å². The Morgan fingerprint density at radius 1 is 1.42 bits per heavy atom. The van der Waals surface area contributed by atoms with E-state index in [9.17, 15) is 4.79 Å². The molecule has 0 saturated heterocycles. The fraction of sp³-hybridized carbons (Fsp3) is 0.286. The van der Waals surface area contributed by atoms with Gasteiger partial charge in [-0.15, -0.1) is 0 Å². The Labute approximate surface area is 120 Å². The third-order valence-electron chi connectivity index (χ3n) is 3.11. The SMILES string of the molecule is Cc1nn(C)c(CC(=O)[C@H](N)c2ccccc2)c1Br. The van der Waals surface area contributed by atoms with Gasteiger partial charge in [0.1, 0.15) is 0 Å². The second-order valence-electron chi connectivity index (χ2n) is 4.50. The number of nitrogens with two attached hydrogens (primary N) is 1. The molecule has 2 rings (SSSR count). The maximum Gasteiger partial charge on any atom is 0.160 e. The van der Waals surface area contributed by atoms with Crippen molar-refractivity contribution in [3.63, 3.8) is 0 Å². The average molecular weight is 322 g/mol. The highest BCUT2D eigenvalue weighted by Gasteiger charge is 2.20. The molecule has 0 spiro atoms. The number of benzene rings is 1. The highest BCUT2D eigenvalue weighted by molar-refractivity contribution is 9.10. The standard InChI is InChI=1S/C14H16BrN3O/c1-9-13(15)11(18(2)17-9)8-12(19)14(16)10-6-4-3-5-7-10/h3-7,14H,8,16H2,1-2H3/t14-/m1/s1. The fourth-order valence-corrected chi connectivity index (χ4v) is 2.47. The first-order valence-corrected chi connectivity index (χ1v) is 6.81. The van der Waals surface area contributed by atoms with Gasteiger partial charge in [-0.05, 0) is 28.4 Å². The van der Waals surface area contributed by atoms with Crippen LogP contribution in [0.5, 0.6) is 0 Å². The van der Waals surface area contributed by atoms with Gasteiger partial charge >= 0.3 is 0 Å². The molecule has 0 unspecified atom stereocenters. The molecule has 0 radical (unpaired) electrons. The van der Waals surface area contributed by atoms with E-state index in [0.717, 1.165) is 21.4 Å². The molecule has 100 valence electrons. The predicted molar refractivity (Wildman–Crippen MR) is 77.7 cm³/mol. The molecule has 1 aromatic carbocycles. The lowest BCUT2D eigenvalue weighted by Gasteiger charge is -2.11. The zero-order chi connectivity index (χ0) is 14.0. The molecule has 1 aromatic heterocycles. The summed E-state index contributed by atoms with van der Waals surface area (Å²) in [6.07, 6.45) is 0.272. The van der Waals surface area contributed by atoms with Gasteiger partial charge in [0.15, 0.2) is 5.78 Å². The first kappa shape index (κ1) is 14.0. The van der Waals surface area contributed by atoms with E-state index in [0.29, 0.717) is 0 Å². The Bertz CT molecular complexity index is 592. The van der Waals surface area contributed by atoms with Gasteiger partial charge in [-0.1, -0.05) is 30.3 Å². The van der Waals surface area contributed by atoms with Crippen LogP contribution in [0.3, 0.4) is 0 Å². The summed E-state index contributed by atoms with van der Waals surface area (Å²) >= 11 is 3.46. The Morgan fingerprint density at radius 2 is 2.05 bits per heavy atom. The first-order valence-electron chi connectivity index (χ1n) is 6.02. The number of aromatic nitrogens is 2. The number of hydrogen-bond acceptors (Lipinski definition) is 3. The number of carbonyl (C=O) groups excluding carboxylic acids is 1. The van der Waals surface area contributed by atoms with E-state index in [1.54, 1.807) is 4.68 Å². The molecule has 0 fully saturated rings. The van der Waals surface area contributed by atoms with Gasteiger partial charge < -0.3 is 5.73 Å². The van der Waals surface area contributed by atoms with Crippen molar-refractivity contribution < 1.29 is 4.79 Å². The van der Waals surface area contributed by atoms with Crippen molar-refractivity contribution >= 4 is 21.7 Å². The number of rotatable bonds is 4. The first-order chi connectivity index (χ1) is 9.00. The molecule has 0 amide bonds. The molecule has 1 atom stereocenters. The zero-order valence-corrected chi connectivity index (χ0v) is 12.5. The van der Waals surface area contributed by atoms with Gasteiger partial charge in [0.05, 0.1) is 28.3 Å². The monoisotopic (exact) mass is 321 g/mol. The second-order valence-corrected chi connectivity index (χ2v) is 5.29. The van der Waals surface area contributed by atoms with Crippen LogP contribution >= 0.6 is 15.9 Å². The highest BCUT2D eigenvalue weighted by Crippen LogP contribution is 2.22. The fourth-order valence-electron chi connectivity index (χ4n) is 1.99. The summed E-state index contributed by atoms with van der Waals surface area (Å²) in [4.78, 5) is 12.2. The van der Waals surface area contributed by atoms with Crippen molar-refractivity contribution in [1.82, 2.24) is 9.78 Å². The molecule has 19 heavy (non-hydrogen) atoms. The summed E-state index contributed by atoms with van der Waals surface area (Å²) in [6.45, 7) is 1.90. The number of carbonyl (C=O) groups is 1. The summed E-state index contributed by atoms with van der Waals surface area (Å²) in [5.41, 5.74) is 8.56. The predicted octanol–water partition coefficient (Wildman–Crippen LogP) is 2.30. The van der Waals surface area contributed by atoms with Gasteiger partial charge in [-0.3, -0.25) is 9.48 Å². The van der Waals surface area contributed by atoms with Gasteiger partial charge in [0, 0.05) is 7.05 Å². The molecule has 0 saturated carbocycles. The van der Waals surface area contributed by atoms with E-state index < -0.39 is 6.04 Å². The Kier molecular flexibility index (Phi) is 4.17. The number of hydrogen-bond donors (Lipinski definition) is 1. The summed E-state index contributed by atoms with van der Waals surface area (Å²) in [5, 5.41) is 4.27. The van der Waals surface area contributed by atoms with Crippen LogP contribution in [0.2, 0.25) is 0 Å². The van der Waals surface area contributed by atoms with E-state index in [4.69, 9.17) is 5.73 Å². The number of aryl methyl sites for hydroxylation is 2. The van der Waals surface area contributed by atoms with Crippen LogP contribution in [-0.2, 0) is 18.3 Å². The van der Waals surface area contributed by atoms with Crippen LogP contribution in [0.4, 0.5) is 0 Å². The lowest BCUT2D eigenvalue weighted by atomic mass is 10.0. The van der Waals surface area contributed by atoms with E-state index in [-0.39, 0.29) is 12.2 Å². The van der Waals surface area contributed by atoms with Crippen molar-refractivity contribution in [3.8, 4) is 0 Å². The number of Topliss-reactive ketones (excluding diaryl/α,β-unsaturated/α-hetero) is 1. The van der Waals surface area contributed by atoms with Crippen molar-refractivity contribution in [2.75, 3.05) is 0 Å². The number of halogens is 1. The lowest BCUT2D eigenvalue weighted by molar-refractivity contribution is -0.119. The van der Waals surface area contributed by atoms with Crippen LogP contribution in [0.25, 0.3) is 0 Å². The van der Waals surface area contributed by atoms with E-state index >= 15 is 0 Å². The Hall–Kier alpha value is -1.46. The molecule has 0 bridgehead atoms. The molecular formula is C14H16BrN3O. The molecule has 2 aromatic rings. The molecule has 0 aliphatic rings. The third-order valence-corrected chi connectivity index (χ3v) is 4.14. The second kappa shape index (κ2) is 5.67. The maximum absolute atomic E-state index is 12.2. The minimum atomic E-state index is -0.594. The molecule has 0 aliphatic carbocycles. The van der Waals surface area contributed by atoms with Crippen molar-refractivity contribution in [1.29, 1.82) is 0 Å². The van der Waals surface area contributed by atoms with Crippen molar-refractivity contribution in [2.45, 2.75) is 19.4 Å². The zero-order valence-electron chi connectivity index (χ0n) is 10.9. The summed E-state index contributed by atoms with van der Waals surface area (Å²) in [7, 11) is 1.83. The summed E-state index contributed by atoms with van der Waals surface area (Å²) in [6, 6.07) is 8.81.